The normalized spacial score (nSPS) is 30.2. The Morgan fingerprint density at radius 2 is 1.86 bits per heavy atom. The van der Waals surface area contributed by atoms with Crippen LogP contribution in [0, 0.1) is 17.8 Å². The first-order valence-corrected chi connectivity index (χ1v) is 11.6. The summed E-state index contributed by atoms with van der Waals surface area (Å²) in [6, 6.07) is -0.355. The van der Waals surface area contributed by atoms with Crippen molar-refractivity contribution in [1.29, 1.82) is 0 Å². The molecule has 8 nitrogen and oxygen atoms in total. The Bertz CT molecular complexity index is 691. The lowest BCUT2D eigenvalue weighted by molar-refractivity contribution is -0.117. The SMILES string of the molecule is COCCNc1nnc(SCC(=O)NC(=O)NC23CC4CC(CC(C4)C2)C3)s1. The summed E-state index contributed by atoms with van der Waals surface area (Å²) in [4.78, 5) is 24.6. The number of methoxy groups -OCH3 is 1. The van der Waals surface area contributed by atoms with E-state index < -0.39 is 0 Å². The summed E-state index contributed by atoms with van der Waals surface area (Å²) in [5, 5.41) is 17.5. The van der Waals surface area contributed by atoms with Crippen molar-refractivity contribution in [2.24, 2.45) is 17.8 Å². The van der Waals surface area contributed by atoms with Gasteiger partial charge in [0.2, 0.25) is 11.0 Å². The number of ether oxygens (including phenoxy) is 1. The van der Waals surface area contributed by atoms with Gasteiger partial charge in [-0.2, -0.15) is 0 Å². The summed E-state index contributed by atoms with van der Waals surface area (Å²) < 4.78 is 5.66. The van der Waals surface area contributed by atoms with Crippen molar-refractivity contribution in [3.05, 3.63) is 0 Å². The zero-order chi connectivity index (χ0) is 19.6. The van der Waals surface area contributed by atoms with Crippen LogP contribution < -0.4 is 16.0 Å². The smallest absolute Gasteiger partial charge is 0.321 e. The zero-order valence-electron chi connectivity index (χ0n) is 16.0. The predicted molar refractivity (Wildman–Crippen MR) is 109 cm³/mol. The lowest BCUT2D eigenvalue weighted by Gasteiger charge is -2.56. The number of imide groups is 1. The molecule has 28 heavy (non-hydrogen) atoms. The first kappa shape index (κ1) is 19.9. The Hall–Kier alpha value is -1.39. The van der Waals surface area contributed by atoms with Crippen molar-refractivity contribution >= 4 is 40.2 Å². The first-order valence-electron chi connectivity index (χ1n) is 9.85. The van der Waals surface area contributed by atoms with Crippen LogP contribution in [-0.4, -0.2) is 53.7 Å². The van der Waals surface area contributed by atoms with Crippen LogP contribution in [0.25, 0.3) is 0 Å². The number of carbonyl (C=O) groups excluding carboxylic acids is 2. The minimum absolute atomic E-state index is 0.0890. The van der Waals surface area contributed by atoms with Crippen molar-refractivity contribution < 1.29 is 14.3 Å². The van der Waals surface area contributed by atoms with Gasteiger partial charge in [-0.3, -0.25) is 10.1 Å². The largest absolute Gasteiger partial charge is 0.383 e. The third-order valence-electron chi connectivity index (χ3n) is 5.99. The predicted octanol–water partition coefficient (Wildman–Crippen LogP) is 2.48. The molecule has 0 aromatic carbocycles. The number of rotatable bonds is 8. The Kier molecular flexibility index (Phi) is 6.07. The number of aromatic nitrogens is 2. The molecule has 3 N–H and O–H groups in total. The molecule has 4 saturated carbocycles. The number of carbonyl (C=O) groups is 2. The fourth-order valence-electron chi connectivity index (χ4n) is 5.43. The number of amides is 3. The Balaban J connectivity index is 1.20. The topological polar surface area (TPSA) is 105 Å². The highest BCUT2D eigenvalue weighted by molar-refractivity contribution is 8.01. The van der Waals surface area contributed by atoms with Gasteiger partial charge in [0, 0.05) is 19.2 Å². The van der Waals surface area contributed by atoms with Gasteiger partial charge in [0.05, 0.1) is 12.4 Å². The number of nitrogens with one attached hydrogen (secondary N) is 3. The third kappa shape index (κ3) is 4.77. The highest BCUT2D eigenvalue weighted by Gasteiger charge is 2.51. The molecular weight excluding hydrogens is 398 g/mol. The molecule has 3 amide bonds. The van der Waals surface area contributed by atoms with Crippen LogP contribution in [0.3, 0.4) is 0 Å². The maximum Gasteiger partial charge on any atom is 0.321 e. The molecule has 0 aliphatic heterocycles. The number of hydrogen-bond donors (Lipinski definition) is 3. The van der Waals surface area contributed by atoms with E-state index in [0.717, 1.165) is 37.0 Å². The second kappa shape index (κ2) is 8.54. The second-order valence-corrected chi connectivity index (χ2v) is 10.5. The van der Waals surface area contributed by atoms with E-state index >= 15 is 0 Å². The fraction of sp³-hybridized carbons (Fsp3) is 0.778. The van der Waals surface area contributed by atoms with E-state index in [2.05, 4.69) is 26.1 Å². The lowest BCUT2D eigenvalue weighted by atomic mass is 9.53. The molecule has 154 valence electrons. The lowest BCUT2D eigenvalue weighted by Crippen LogP contribution is -2.61. The van der Waals surface area contributed by atoms with E-state index in [9.17, 15) is 9.59 Å². The van der Waals surface area contributed by atoms with Crippen LogP contribution in [0.1, 0.15) is 38.5 Å². The number of nitrogens with zero attached hydrogens (tertiary/aromatic N) is 2. The molecule has 0 radical (unpaired) electrons. The summed E-state index contributed by atoms with van der Waals surface area (Å²) in [5.41, 5.74) is -0.0890. The molecule has 5 rings (SSSR count). The molecule has 4 bridgehead atoms. The molecule has 4 fully saturated rings. The van der Waals surface area contributed by atoms with E-state index in [0.29, 0.717) is 22.6 Å². The van der Waals surface area contributed by atoms with Crippen molar-refractivity contribution in [3.63, 3.8) is 0 Å². The number of hydrogen-bond acceptors (Lipinski definition) is 8. The summed E-state index contributed by atoms with van der Waals surface area (Å²) >= 11 is 2.66. The monoisotopic (exact) mass is 425 g/mol. The minimum Gasteiger partial charge on any atom is -0.383 e. The van der Waals surface area contributed by atoms with Gasteiger partial charge < -0.3 is 15.4 Å². The quantitative estimate of drug-likeness (QED) is 0.434. The molecular formula is C18H27N5O3S2. The van der Waals surface area contributed by atoms with E-state index in [1.807, 2.05) is 0 Å². The Morgan fingerprint density at radius 3 is 2.50 bits per heavy atom. The second-order valence-electron chi connectivity index (χ2n) is 8.28. The van der Waals surface area contributed by atoms with Crippen molar-refractivity contribution in [3.8, 4) is 0 Å². The molecule has 0 unspecified atom stereocenters. The first-order chi connectivity index (χ1) is 13.5. The van der Waals surface area contributed by atoms with E-state index in [1.54, 1.807) is 7.11 Å². The maximum absolute atomic E-state index is 12.4. The van der Waals surface area contributed by atoms with Gasteiger partial charge in [-0.1, -0.05) is 23.1 Å². The summed E-state index contributed by atoms with van der Waals surface area (Å²) in [7, 11) is 1.64. The highest BCUT2D eigenvalue weighted by atomic mass is 32.2. The molecule has 1 aromatic rings. The van der Waals surface area contributed by atoms with Crippen LogP contribution >= 0.6 is 23.1 Å². The van der Waals surface area contributed by atoms with Gasteiger partial charge >= 0.3 is 6.03 Å². The number of thioether (sulfide) groups is 1. The fourth-order valence-corrected chi connectivity index (χ4v) is 7.00. The number of anilines is 1. The molecule has 0 spiro atoms. The van der Waals surface area contributed by atoms with Gasteiger partial charge in [0.1, 0.15) is 0 Å². The van der Waals surface area contributed by atoms with Crippen LogP contribution in [0.2, 0.25) is 0 Å². The van der Waals surface area contributed by atoms with Gasteiger partial charge in [0.15, 0.2) is 4.34 Å². The van der Waals surface area contributed by atoms with Crippen molar-refractivity contribution in [2.45, 2.75) is 48.4 Å². The summed E-state index contributed by atoms with van der Waals surface area (Å²) in [6.07, 6.45) is 7.17. The standard InChI is InChI=1S/C18H27N5O3S2/c1-26-3-2-19-16-22-23-17(28-16)27-10-14(24)20-15(25)21-18-7-11-4-12(8-18)6-13(5-11)9-18/h11-13H,2-10H2,1H3,(H,19,22)(H2,20,21,24,25). The average molecular weight is 426 g/mol. The van der Waals surface area contributed by atoms with Crippen molar-refractivity contribution in [1.82, 2.24) is 20.8 Å². The summed E-state index contributed by atoms with van der Waals surface area (Å²) in [6.45, 7) is 1.24. The number of urea groups is 1. The summed E-state index contributed by atoms with van der Waals surface area (Å²) in [5.74, 6) is 2.09. The van der Waals surface area contributed by atoms with Gasteiger partial charge in [-0.25, -0.2) is 4.79 Å². The molecule has 1 heterocycles. The van der Waals surface area contributed by atoms with Gasteiger partial charge in [-0.15, -0.1) is 10.2 Å². The third-order valence-corrected chi connectivity index (χ3v) is 8.00. The average Bonchev–Trinajstić information content (AvgIpc) is 3.06. The van der Waals surface area contributed by atoms with Crippen LogP contribution in [0.5, 0.6) is 0 Å². The van der Waals surface area contributed by atoms with E-state index in [4.69, 9.17) is 4.74 Å². The van der Waals surface area contributed by atoms with Crippen LogP contribution in [-0.2, 0) is 9.53 Å². The molecule has 1 aromatic heterocycles. The van der Waals surface area contributed by atoms with Crippen molar-refractivity contribution in [2.75, 3.05) is 31.3 Å². The minimum atomic E-state index is -0.355. The molecule has 4 aliphatic rings. The molecule has 0 saturated heterocycles. The molecule has 4 aliphatic carbocycles. The zero-order valence-corrected chi connectivity index (χ0v) is 17.7. The molecule has 0 atom stereocenters. The van der Waals surface area contributed by atoms with Crippen LogP contribution in [0.15, 0.2) is 4.34 Å². The van der Waals surface area contributed by atoms with E-state index in [-0.39, 0.29) is 23.2 Å². The molecule has 10 heteroatoms. The van der Waals surface area contributed by atoms with Crippen LogP contribution in [0.4, 0.5) is 9.93 Å². The Morgan fingerprint density at radius 1 is 1.18 bits per heavy atom. The highest BCUT2D eigenvalue weighted by Crippen LogP contribution is 2.55. The maximum atomic E-state index is 12.4. The van der Waals surface area contributed by atoms with E-state index in [1.165, 1.54) is 42.4 Å². The van der Waals surface area contributed by atoms with Gasteiger partial charge in [0.25, 0.3) is 0 Å². The van der Waals surface area contributed by atoms with Gasteiger partial charge in [-0.05, 0) is 56.3 Å². The Labute approximate surface area is 173 Å².